The summed E-state index contributed by atoms with van der Waals surface area (Å²) in [6.45, 7) is 0.630. The van der Waals surface area contributed by atoms with Crippen LogP contribution in [0, 0.1) is 0 Å². The quantitative estimate of drug-likeness (QED) is 0.830. The number of pyridine rings is 1. The summed E-state index contributed by atoms with van der Waals surface area (Å²) >= 11 is 1.46. The van der Waals surface area contributed by atoms with E-state index in [1.807, 2.05) is 24.3 Å². The fourth-order valence-corrected chi connectivity index (χ4v) is 3.59. The smallest absolute Gasteiger partial charge is 0.417 e. The minimum absolute atomic E-state index is 0.0849. The summed E-state index contributed by atoms with van der Waals surface area (Å²) in [6.07, 6.45) is -3.60. The fourth-order valence-electron chi connectivity index (χ4n) is 2.47. The zero-order chi connectivity index (χ0) is 18.0. The number of aromatic nitrogens is 1. The highest BCUT2D eigenvalue weighted by atomic mass is 32.2. The number of hydrogen-bond donors (Lipinski definition) is 0. The van der Waals surface area contributed by atoms with Gasteiger partial charge in [0.2, 0.25) is 0 Å². The van der Waals surface area contributed by atoms with E-state index in [1.165, 1.54) is 11.8 Å². The summed E-state index contributed by atoms with van der Waals surface area (Å²) in [5, 5.41) is 0.728. The van der Waals surface area contributed by atoms with Crippen LogP contribution in [-0.2, 0) is 12.7 Å². The van der Waals surface area contributed by atoms with Crippen molar-refractivity contribution in [3.8, 4) is 5.75 Å². The molecule has 0 aliphatic carbocycles. The largest absolute Gasteiger partial charge is 0.497 e. The third-order valence-corrected chi connectivity index (χ3v) is 4.98. The van der Waals surface area contributed by atoms with E-state index in [4.69, 9.17) is 4.74 Å². The number of alkyl halides is 3. The average Bonchev–Trinajstić information content (AvgIpc) is 3.04. The number of halogens is 3. The number of rotatable bonds is 4. The molecule has 1 unspecified atom stereocenters. The molecule has 3 rings (SSSR count). The van der Waals surface area contributed by atoms with Crippen LogP contribution in [0.3, 0.4) is 0 Å². The van der Waals surface area contributed by atoms with Gasteiger partial charge < -0.3 is 9.30 Å². The maximum absolute atomic E-state index is 12.8. The topological polar surface area (TPSA) is 43.6 Å². The Hall–Kier alpha value is -2.22. The molecular formula is C17H15F3N2O2S. The molecule has 0 spiro atoms. The van der Waals surface area contributed by atoms with E-state index in [-0.39, 0.29) is 11.8 Å². The Balaban J connectivity index is 1.71. The molecule has 1 aliphatic rings. The predicted molar refractivity (Wildman–Crippen MR) is 91.5 cm³/mol. The van der Waals surface area contributed by atoms with Crippen molar-refractivity contribution in [3.63, 3.8) is 0 Å². The molecule has 0 saturated heterocycles. The molecule has 0 bridgehead atoms. The average molecular weight is 368 g/mol. The number of benzene rings is 1. The zero-order valence-corrected chi connectivity index (χ0v) is 14.1. The third-order valence-electron chi connectivity index (χ3n) is 3.76. The molecule has 1 atom stereocenters. The van der Waals surface area contributed by atoms with Crippen LogP contribution in [0.5, 0.6) is 5.75 Å². The Labute approximate surface area is 146 Å². The lowest BCUT2D eigenvalue weighted by molar-refractivity contribution is -0.138. The highest BCUT2D eigenvalue weighted by molar-refractivity contribution is 8.15. The van der Waals surface area contributed by atoms with Crippen molar-refractivity contribution in [1.29, 1.82) is 0 Å². The Kier molecular flexibility index (Phi) is 4.89. The van der Waals surface area contributed by atoms with E-state index in [2.05, 4.69) is 4.99 Å². The van der Waals surface area contributed by atoms with Crippen LogP contribution in [0.25, 0.3) is 0 Å². The SMILES string of the molecule is COc1ccc(C2=NCC(Cn3cc(C(F)(F)F)ccc3=O)S2)cc1. The number of methoxy groups -OCH3 is 1. The van der Waals surface area contributed by atoms with Crippen LogP contribution in [0.4, 0.5) is 13.2 Å². The van der Waals surface area contributed by atoms with Crippen molar-refractivity contribution in [2.45, 2.75) is 18.0 Å². The van der Waals surface area contributed by atoms with E-state index in [1.54, 1.807) is 7.11 Å². The lowest BCUT2D eigenvalue weighted by Crippen LogP contribution is -2.26. The van der Waals surface area contributed by atoms with Gasteiger partial charge in [0.05, 0.1) is 24.3 Å². The van der Waals surface area contributed by atoms with E-state index >= 15 is 0 Å². The van der Waals surface area contributed by atoms with Crippen molar-refractivity contribution in [2.75, 3.05) is 13.7 Å². The summed E-state index contributed by atoms with van der Waals surface area (Å²) in [5.74, 6) is 0.736. The Morgan fingerprint density at radius 3 is 2.60 bits per heavy atom. The normalized spacial score (nSPS) is 17.4. The Morgan fingerprint density at radius 2 is 1.96 bits per heavy atom. The first kappa shape index (κ1) is 17.6. The maximum atomic E-state index is 12.8. The van der Waals surface area contributed by atoms with Gasteiger partial charge in [-0.25, -0.2) is 0 Å². The third kappa shape index (κ3) is 4.07. The first-order valence-electron chi connectivity index (χ1n) is 7.50. The van der Waals surface area contributed by atoms with E-state index in [0.29, 0.717) is 6.54 Å². The lowest BCUT2D eigenvalue weighted by Gasteiger charge is -2.13. The molecule has 8 heteroatoms. The van der Waals surface area contributed by atoms with Gasteiger partial charge in [-0.1, -0.05) is 11.8 Å². The van der Waals surface area contributed by atoms with Crippen LogP contribution >= 0.6 is 11.8 Å². The van der Waals surface area contributed by atoms with Crippen molar-refractivity contribution < 1.29 is 17.9 Å². The molecule has 0 radical (unpaired) electrons. The molecule has 0 saturated carbocycles. The van der Waals surface area contributed by atoms with Gasteiger partial charge in [0.1, 0.15) is 5.75 Å². The maximum Gasteiger partial charge on any atom is 0.417 e. The van der Waals surface area contributed by atoms with E-state index < -0.39 is 17.3 Å². The molecule has 0 fully saturated rings. The summed E-state index contributed by atoms with van der Waals surface area (Å²) < 4.78 is 44.6. The molecular weight excluding hydrogens is 353 g/mol. The second kappa shape index (κ2) is 6.95. The van der Waals surface area contributed by atoms with E-state index in [0.717, 1.165) is 39.3 Å². The number of thioether (sulfide) groups is 1. The Bertz CT molecular complexity index is 844. The first-order valence-corrected chi connectivity index (χ1v) is 8.38. The molecule has 1 aromatic heterocycles. The molecule has 2 heterocycles. The Morgan fingerprint density at radius 1 is 1.24 bits per heavy atom. The summed E-state index contributed by atoms with van der Waals surface area (Å²) in [6, 6.07) is 9.16. The lowest BCUT2D eigenvalue weighted by atomic mass is 10.2. The van der Waals surface area contributed by atoms with Crippen LogP contribution in [-0.4, -0.2) is 28.5 Å². The van der Waals surface area contributed by atoms with Crippen LogP contribution in [0.2, 0.25) is 0 Å². The molecule has 1 aromatic carbocycles. The van der Waals surface area contributed by atoms with Gasteiger partial charge in [0.25, 0.3) is 5.56 Å². The van der Waals surface area contributed by atoms with Gasteiger partial charge in [-0.2, -0.15) is 13.2 Å². The van der Waals surface area contributed by atoms with Gasteiger partial charge in [-0.15, -0.1) is 0 Å². The number of ether oxygens (including phenoxy) is 1. The van der Waals surface area contributed by atoms with Crippen molar-refractivity contribution in [3.05, 3.63) is 64.1 Å². The van der Waals surface area contributed by atoms with Gasteiger partial charge in [-0.3, -0.25) is 9.79 Å². The van der Waals surface area contributed by atoms with Gasteiger partial charge >= 0.3 is 6.18 Å². The second-order valence-electron chi connectivity index (χ2n) is 5.52. The summed E-state index contributed by atoms with van der Waals surface area (Å²) in [7, 11) is 1.58. The first-order chi connectivity index (χ1) is 11.9. The van der Waals surface area contributed by atoms with Crippen LogP contribution in [0.15, 0.2) is 52.4 Å². The highest BCUT2D eigenvalue weighted by Gasteiger charge is 2.31. The summed E-state index contributed by atoms with van der Waals surface area (Å²) in [5.41, 5.74) is -0.359. The number of hydrogen-bond acceptors (Lipinski definition) is 4. The van der Waals surface area contributed by atoms with Gasteiger partial charge in [-0.05, 0) is 30.3 Å². The molecule has 132 valence electrons. The summed E-state index contributed by atoms with van der Waals surface area (Å²) in [4.78, 5) is 16.3. The van der Waals surface area contributed by atoms with Crippen molar-refractivity contribution >= 4 is 16.8 Å². The molecule has 4 nitrogen and oxygen atoms in total. The molecule has 2 aromatic rings. The van der Waals surface area contributed by atoms with E-state index in [9.17, 15) is 18.0 Å². The minimum Gasteiger partial charge on any atom is -0.497 e. The van der Waals surface area contributed by atoms with Gasteiger partial charge in [0.15, 0.2) is 0 Å². The number of nitrogens with zero attached hydrogens (tertiary/aromatic N) is 2. The fraction of sp³-hybridized carbons (Fsp3) is 0.294. The predicted octanol–water partition coefficient (Wildman–Crippen LogP) is 3.44. The zero-order valence-electron chi connectivity index (χ0n) is 13.3. The van der Waals surface area contributed by atoms with Crippen molar-refractivity contribution in [2.24, 2.45) is 4.99 Å². The minimum atomic E-state index is -4.47. The molecule has 0 N–H and O–H groups in total. The number of aliphatic imine (C=N–C) groups is 1. The standard InChI is InChI=1S/C17H15F3N2O2S/c1-24-13-5-2-11(3-6-13)16-21-8-14(25-16)10-22-9-12(17(18,19)20)4-7-15(22)23/h2-7,9,14H,8,10H2,1H3. The van der Waals surface area contributed by atoms with Crippen LogP contribution in [0.1, 0.15) is 11.1 Å². The molecule has 0 amide bonds. The van der Waals surface area contributed by atoms with Gasteiger partial charge in [0, 0.05) is 29.6 Å². The monoisotopic (exact) mass is 368 g/mol. The highest BCUT2D eigenvalue weighted by Crippen LogP contribution is 2.30. The molecule has 1 aliphatic heterocycles. The van der Waals surface area contributed by atoms with Crippen LogP contribution < -0.4 is 10.3 Å². The molecule has 25 heavy (non-hydrogen) atoms. The van der Waals surface area contributed by atoms with Crippen molar-refractivity contribution in [1.82, 2.24) is 4.57 Å². The second-order valence-corrected chi connectivity index (χ2v) is 6.81.